The highest BCUT2D eigenvalue weighted by molar-refractivity contribution is 7.85. The van der Waals surface area contributed by atoms with Gasteiger partial charge in [-0.05, 0) is 13.3 Å². The molecule has 0 fully saturated rings. The summed E-state index contributed by atoms with van der Waals surface area (Å²) < 4.78 is 11.6. The highest BCUT2D eigenvalue weighted by Gasteiger charge is 2.10. The number of Topliss-reactive ketones (excluding diaryl/α,β-unsaturated/α-hetero) is 1. The molecule has 1 unspecified atom stereocenters. The highest BCUT2D eigenvalue weighted by atomic mass is 32.2. The van der Waals surface area contributed by atoms with Crippen LogP contribution in [0.15, 0.2) is 24.3 Å². The zero-order valence-electron chi connectivity index (χ0n) is 10.2. The van der Waals surface area contributed by atoms with Crippen LogP contribution in [0.25, 0.3) is 0 Å². The van der Waals surface area contributed by atoms with Gasteiger partial charge in [0.15, 0.2) is 5.78 Å². The average Bonchev–Trinajstić information content (AvgIpc) is 2.29. The first-order valence-electron chi connectivity index (χ1n) is 5.65. The van der Waals surface area contributed by atoms with Crippen LogP contribution in [0.2, 0.25) is 0 Å². The van der Waals surface area contributed by atoms with Crippen molar-refractivity contribution in [2.45, 2.75) is 19.8 Å². The monoisotopic (exact) mass is 268 g/mol. The largest absolute Gasteiger partial charge is 0.481 e. The molecule has 1 aromatic rings. The van der Waals surface area contributed by atoms with Gasteiger partial charge in [-0.1, -0.05) is 29.8 Å². The van der Waals surface area contributed by atoms with E-state index in [9.17, 15) is 13.8 Å². The van der Waals surface area contributed by atoms with E-state index in [-0.39, 0.29) is 23.7 Å². The summed E-state index contributed by atoms with van der Waals surface area (Å²) >= 11 is 0. The minimum Gasteiger partial charge on any atom is -0.481 e. The number of carboxylic acids is 1. The van der Waals surface area contributed by atoms with Gasteiger partial charge in [-0.3, -0.25) is 13.8 Å². The van der Waals surface area contributed by atoms with Gasteiger partial charge in [0.1, 0.15) is 0 Å². The summed E-state index contributed by atoms with van der Waals surface area (Å²) in [6.45, 7) is 1.93. The van der Waals surface area contributed by atoms with Crippen molar-refractivity contribution >= 4 is 22.6 Å². The molecule has 1 aromatic carbocycles. The third-order valence-corrected chi connectivity index (χ3v) is 3.76. The molecule has 1 N–H and O–H groups in total. The second kappa shape index (κ2) is 7.06. The number of carbonyl (C=O) groups is 2. The number of carboxylic acid groups (broad SMARTS) is 1. The predicted octanol–water partition coefficient (Wildman–Crippen LogP) is 1.79. The Morgan fingerprint density at radius 3 is 2.39 bits per heavy atom. The number of aryl methyl sites for hydroxylation is 1. The van der Waals surface area contributed by atoms with E-state index in [0.717, 1.165) is 5.56 Å². The minimum absolute atomic E-state index is 0.00946. The number of aliphatic carboxylic acids is 1. The van der Waals surface area contributed by atoms with E-state index in [1.165, 1.54) is 0 Å². The third-order valence-electron chi connectivity index (χ3n) is 2.43. The summed E-state index contributed by atoms with van der Waals surface area (Å²) in [5.41, 5.74) is 1.61. The van der Waals surface area contributed by atoms with Crippen LogP contribution < -0.4 is 0 Å². The molecule has 98 valence electrons. The summed E-state index contributed by atoms with van der Waals surface area (Å²) in [5, 5.41) is 8.45. The molecule has 0 saturated carbocycles. The number of ketones is 1. The summed E-state index contributed by atoms with van der Waals surface area (Å²) in [7, 11) is -1.29. The lowest BCUT2D eigenvalue weighted by Crippen LogP contribution is -2.14. The normalized spacial score (nSPS) is 12.1. The molecule has 0 aromatic heterocycles. The first-order chi connectivity index (χ1) is 8.49. The molecular weight excluding hydrogens is 252 g/mol. The fourth-order valence-electron chi connectivity index (χ4n) is 1.43. The molecule has 5 heteroatoms. The van der Waals surface area contributed by atoms with Crippen molar-refractivity contribution in [3.63, 3.8) is 0 Å². The van der Waals surface area contributed by atoms with E-state index in [2.05, 4.69) is 0 Å². The van der Waals surface area contributed by atoms with Gasteiger partial charge in [0.05, 0.1) is 5.75 Å². The summed E-state index contributed by atoms with van der Waals surface area (Å²) in [5.74, 6) is -0.854. The van der Waals surface area contributed by atoms with Crippen LogP contribution in [0.5, 0.6) is 0 Å². The number of benzene rings is 1. The van der Waals surface area contributed by atoms with Gasteiger partial charge in [-0.25, -0.2) is 0 Å². The second-order valence-electron chi connectivity index (χ2n) is 4.07. The van der Waals surface area contributed by atoms with Gasteiger partial charge >= 0.3 is 5.97 Å². The molecule has 0 aliphatic carbocycles. The molecular formula is C13H16O4S. The van der Waals surface area contributed by atoms with E-state index < -0.39 is 16.8 Å². The predicted molar refractivity (Wildman–Crippen MR) is 70.3 cm³/mol. The van der Waals surface area contributed by atoms with Crippen molar-refractivity contribution < 1.29 is 18.9 Å². The Kier molecular flexibility index (Phi) is 5.71. The van der Waals surface area contributed by atoms with E-state index in [4.69, 9.17) is 5.11 Å². The molecule has 1 atom stereocenters. The Morgan fingerprint density at radius 2 is 1.83 bits per heavy atom. The Hall–Kier alpha value is -1.49. The molecule has 0 heterocycles. The van der Waals surface area contributed by atoms with Crippen LogP contribution >= 0.6 is 0 Å². The number of carbonyl (C=O) groups excluding carboxylic acids is 1. The van der Waals surface area contributed by atoms with E-state index in [1.54, 1.807) is 12.1 Å². The molecule has 4 nitrogen and oxygen atoms in total. The number of rotatable bonds is 7. The summed E-state index contributed by atoms with van der Waals surface area (Å²) in [6.07, 6.45) is 0.327. The second-order valence-corrected chi connectivity index (χ2v) is 5.65. The van der Waals surface area contributed by atoms with Gasteiger partial charge in [0.2, 0.25) is 0 Å². The lowest BCUT2D eigenvalue weighted by Gasteiger charge is -2.02. The zero-order chi connectivity index (χ0) is 13.5. The third kappa shape index (κ3) is 5.23. The van der Waals surface area contributed by atoms with E-state index in [0.29, 0.717) is 12.0 Å². The van der Waals surface area contributed by atoms with Gasteiger partial charge in [-0.15, -0.1) is 0 Å². The van der Waals surface area contributed by atoms with Crippen molar-refractivity contribution in [2.75, 3.05) is 11.5 Å². The average molecular weight is 268 g/mol. The number of hydrogen-bond acceptors (Lipinski definition) is 3. The minimum atomic E-state index is -1.29. The van der Waals surface area contributed by atoms with Crippen molar-refractivity contribution in [2.24, 2.45) is 0 Å². The first-order valence-corrected chi connectivity index (χ1v) is 7.14. The molecule has 0 aliphatic rings. The van der Waals surface area contributed by atoms with Gasteiger partial charge in [0.25, 0.3) is 0 Å². The van der Waals surface area contributed by atoms with Crippen LogP contribution in [-0.2, 0) is 15.6 Å². The Labute approximate surface area is 108 Å². The molecule has 1 rings (SSSR count). The molecule has 0 saturated heterocycles. The SMILES string of the molecule is Cc1ccc(C(=O)CS(=O)CCCC(=O)O)cc1. The topological polar surface area (TPSA) is 71.4 Å². The van der Waals surface area contributed by atoms with Crippen LogP contribution in [0.3, 0.4) is 0 Å². The molecule has 0 spiro atoms. The van der Waals surface area contributed by atoms with Crippen LogP contribution in [-0.4, -0.2) is 32.6 Å². The Balaban J connectivity index is 2.42. The van der Waals surface area contributed by atoms with Crippen molar-refractivity contribution in [1.29, 1.82) is 0 Å². The number of hydrogen-bond donors (Lipinski definition) is 1. The summed E-state index contributed by atoms with van der Waals surface area (Å²) in [6, 6.07) is 7.10. The van der Waals surface area contributed by atoms with Crippen molar-refractivity contribution in [3.05, 3.63) is 35.4 Å². The highest BCUT2D eigenvalue weighted by Crippen LogP contribution is 2.05. The zero-order valence-corrected chi connectivity index (χ0v) is 11.0. The fraction of sp³-hybridized carbons (Fsp3) is 0.385. The van der Waals surface area contributed by atoms with Crippen LogP contribution in [0.1, 0.15) is 28.8 Å². The smallest absolute Gasteiger partial charge is 0.303 e. The Bertz CT molecular complexity index is 451. The van der Waals surface area contributed by atoms with Crippen LogP contribution in [0, 0.1) is 6.92 Å². The maximum absolute atomic E-state index is 11.8. The maximum atomic E-state index is 11.8. The Morgan fingerprint density at radius 1 is 1.22 bits per heavy atom. The quantitative estimate of drug-likeness (QED) is 0.765. The fourth-order valence-corrected chi connectivity index (χ4v) is 2.50. The standard InChI is InChI=1S/C13H16O4S/c1-10-4-6-11(7-5-10)12(14)9-18(17)8-2-3-13(15)16/h4-7H,2-3,8-9H2,1H3,(H,15,16). The van der Waals surface area contributed by atoms with Crippen molar-refractivity contribution in [3.8, 4) is 0 Å². The first kappa shape index (κ1) is 14.6. The maximum Gasteiger partial charge on any atom is 0.303 e. The van der Waals surface area contributed by atoms with Crippen LogP contribution in [0.4, 0.5) is 0 Å². The molecule has 0 aliphatic heterocycles. The van der Waals surface area contributed by atoms with Gasteiger partial charge in [0, 0.05) is 28.5 Å². The molecule has 0 amide bonds. The molecule has 0 radical (unpaired) electrons. The van der Waals surface area contributed by atoms with E-state index >= 15 is 0 Å². The van der Waals surface area contributed by atoms with Crippen molar-refractivity contribution in [1.82, 2.24) is 0 Å². The molecule has 18 heavy (non-hydrogen) atoms. The lowest BCUT2D eigenvalue weighted by atomic mass is 10.1. The van der Waals surface area contributed by atoms with Gasteiger partial charge in [-0.2, -0.15) is 0 Å². The molecule has 0 bridgehead atoms. The van der Waals surface area contributed by atoms with E-state index in [1.807, 2.05) is 19.1 Å². The summed E-state index contributed by atoms with van der Waals surface area (Å²) in [4.78, 5) is 22.0. The van der Waals surface area contributed by atoms with Gasteiger partial charge < -0.3 is 5.11 Å². The lowest BCUT2D eigenvalue weighted by molar-refractivity contribution is -0.137.